The summed E-state index contributed by atoms with van der Waals surface area (Å²) in [5, 5.41) is 13.7. The highest BCUT2D eigenvalue weighted by atomic mass is 35.5. The van der Waals surface area contributed by atoms with Crippen LogP contribution in [-0.2, 0) is 17.6 Å². The number of hydrogen-bond acceptors (Lipinski definition) is 6. The number of aromatic nitrogens is 4. The molecule has 6 rings (SSSR count). The van der Waals surface area contributed by atoms with Crippen molar-refractivity contribution in [3.05, 3.63) is 79.9 Å². The van der Waals surface area contributed by atoms with E-state index in [-0.39, 0.29) is 17.2 Å². The van der Waals surface area contributed by atoms with Crippen LogP contribution in [-0.4, -0.2) is 30.8 Å². The van der Waals surface area contributed by atoms with E-state index in [1.54, 1.807) is 28.0 Å². The predicted octanol–water partition coefficient (Wildman–Crippen LogP) is 5.91. The molecule has 0 saturated heterocycles. The number of fused-ring (bicyclic) bond motifs is 5. The molecule has 37 heavy (non-hydrogen) atoms. The highest BCUT2D eigenvalue weighted by Gasteiger charge is 2.27. The largest absolute Gasteiger partial charge is 0.325 e. The molecule has 1 amide bonds. The normalized spacial score (nSPS) is 15.3. The molecule has 1 aliphatic rings. The van der Waals surface area contributed by atoms with Crippen LogP contribution < -0.4 is 10.9 Å². The molecule has 0 radical (unpaired) electrons. The molecule has 3 heterocycles. The average Bonchev–Trinajstić information content (AvgIpc) is 3.45. The van der Waals surface area contributed by atoms with Crippen molar-refractivity contribution in [3.8, 4) is 5.69 Å². The van der Waals surface area contributed by atoms with Crippen molar-refractivity contribution in [2.24, 2.45) is 5.92 Å². The molecule has 10 heteroatoms. The number of halogens is 1. The van der Waals surface area contributed by atoms with Crippen molar-refractivity contribution in [1.82, 2.24) is 19.2 Å². The summed E-state index contributed by atoms with van der Waals surface area (Å²) in [6.07, 6.45) is 2.94. The van der Waals surface area contributed by atoms with Crippen molar-refractivity contribution in [3.63, 3.8) is 0 Å². The SMILES string of the molecule is Cc1cccc(NC(=O)CSc2nnc3n(-c4ccc(Cl)cc4)c(=O)c4c5c(sc4n23)CCC(C)C5)c1. The number of hydrogen-bond donors (Lipinski definition) is 1. The first-order chi connectivity index (χ1) is 17.9. The Balaban J connectivity index is 1.46. The third-order valence-electron chi connectivity index (χ3n) is 6.64. The maximum absolute atomic E-state index is 14.0. The summed E-state index contributed by atoms with van der Waals surface area (Å²) >= 11 is 9.08. The van der Waals surface area contributed by atoms with Gasteiger partial charge >= 0.3 is 0 Å². The number of nitrogens with zero attached hydrogens (tertiary/aromatic N) is 4. The first-order valence-corrected chi connectivity index (χ1v) is 14.3. The van der Waals surface area contributed by atoms with E-state index in [9.17, 15) is 9.59 Å². The van der Waals surface area contributed by atoms with Gasteiger partial charge in [-0.15, -0.1) is 21.5 Å². The first-order valence-electron chi connectivity index (χ1n) is 12.1. The zero-order chi connectivity index (χ0) is 25.7. The number of rotatable bonds is 5. The lowest BCUT2D eigenvalue weighted by Crippen LogP contribution is -2.23. The lowest BCUT2D eigenvalue weighted by Gasteiger charge is -2.18. The zero-order valence-corrected chi connectivity index (χ0v) is 22.7. The van der Waals surface area contributed by atoms with Gasteiger partial charge in [-0.05, 0) is 79.6 Å². The summed E-state index contributed by atoms with van der Waals surface area (Å²) in [4.78, 5) is 28.8. The smallest absolute Gasteiger partial charge is 0.268 e. The quantitative estimate of drug-likeness (QED) is 0.275. The molecule has 3 aromatic heterocycles. The third-order valence-corrected chi connectivity index (χ3v) is 9.10. The van der Waals surface area contributed by atoms with Crippen LogP contribution in [0.3, 0.4) is 0 Å². The van der Waals surface area contributed by atoms with E-state index < -0.39 is 0 Å². The van der Waals surface area contributed by atoms with Gasteiger partial charge < -0.3 is 5.32 Å². The van der Waals surface area contributed by atoms with E-state index in [4.69, 9.17) is 11.6 Å². The van der Waals surface area contributed by atoms with E-state index in [0.717, 1.165) is 46.3 Å². The lowest BCUT2D eigenvalue weighted by atomic mass is 9.89. The highest BCUT2D eigenvalue weighted by molar-refractivity contribution is 7.99. The fourth-order valence-electron chi connectivity index (χ4n) is 4.88. The number of carbonyl (C=O) groups excluding carboxylic acids is 1. The Kier molecular flexibility index (Phi) is 6.30. The van der Waals surface area contributed by atoms with Crippen LogP contribution in [0.4, 0.5) is 5.69 Å². The molecule has 0 spiro atoms. The van der Waals surface area contributed by atoms with Crippen LogP contribution in [0.1, 0.15) is 29.3 Å². The summed E-state index contributed by atoms with van der Waals surface area (Å²) in [6, 6.07) is 14.8. The summed E-state index contributed by atoms with van der Waals surface area (Å²) in [5.74, 6) is 0.977. The molecule has 0 aliphatic heterocycles. The second-order valence-corrected chi connectivity index (χ2v) is 11.9. The molecule has 2 aromatic carbocycles. The number of anilines is 1. The second kappa shape index (κ2) is 9.63. The monoisotopic (exact) mass is 549 g/mol. The van der Waals surface area contributed by atoms with Gasteiger partial charge in [0, 0.05) is 15.6 Å². The molecule has 5 aromatic rings. The molecule has 1 atom stereocenters. The van der Waals surface area contributed by atoms with Gasteiger partial charge in [-0.25, -0.2) is 8.97 Å². The molecular formula is C27H24ClN5O2S2. The van der Waals surface area contributed by atoms with Gasteiger partial charge in [0.15, 0.2) is 5.16 Å². The van der Waals surface area contributed by atoms with E-state index in [2.05, 4.69) is 22.4 Å². The summed E-state index contributed by atoms with van der Waals surface area (Å²) in [7, 11) is 0. The summed E-state index contributed by atoms with van der Waals surface area (Å²) < 4.78 is 3.54. The molecular weight excluding hydrogens is 526 g/mol. The summed E-state index contributed by atoms with van der Waals surface area (Å²) in [5.41, 5.74) is 3.54. The van der Waals surface area contributed by atoms with Gasteiger partial charge in [0.05, 0.1) is 16.8 Å². The molecule has 0 bridgehead atoms. The van der Waals surface area contributed by atoms with Crippen molar-refractivity contribution in [2.45, 2.75) is 38.3 Å². The van der Waals surface area contributed by atoms with Crippen molar-refractivity contribution >= 4 is 62.3 Å². The van der Waals surface area contributed by atoms with E-state index >= 15 is 0 Å². The van der Waals surface area contributed by atoms with Crippen LogP contribution >= 0.6 is 34.7 Å². The Morgan fingerprint density at radius 1 is 1.22 bits per heavy atom. The van der Waals surface area contributed by atoms with Gasteiger partial charge in [-0.2, -0.15) is 0 Å². The summed E-state index contributed by atoms with van der Waals surface area (Å²) in [6.45, 7) is 4.22. The molecule has 1 aliphatic carbocycles. The van der Waals surface area contributed by atoms with Gasteiger partial charge in [0.25, 0.3) is 5.56 Å². The maximum atomic E-state index is 14.0. The van der Waals surface area contributed by atoms with Crippen LogP contribution in [0.25, 0.3) is 21.7 Å². The Morgan fingerprint density at radius 3 is 2.81 bits per heavy atom. The topological polar surface area (TPSA) is 81.3 Å². The fourth-order valence-corrected chi connectivity index (χ4v) is 7.13. The standard InChI is InChI=1S/C27H24ClN5O2S2/c1-15-4-3-5-18(12-15)29-22(34)14-36-27-31-30-26-32(19-9-7-17(28)8-10-19)24(35)23-20-13-16(2)6-11-21(20)37-25(23)33(26)27/h3-5,7-10,12,16H,6,11,13-14H2,1-2H3,(H,29,34). The van der Waals surface area contributed by atoms with Crippen LogP contribution in [0, 0.1) is 12.8 Å². The fraction of sp³-hybridized carbons (Fsp3) is 0.259. The first kappa shape index (κ1) is 24.2. The van der Waals surface area contributed by atoms with Crippen molar-refractivity contribution < 1.29 is 4.79 Å². The number of amides is 1. The number of nitrogens with one attached hydrogen (secondary N) is 1. The van der Waals surface area contributed by atoms with Crippen LogP contribution in [0.15, 0.2) is 58.5 Å². The average molecular weight is 550 g/mol. The number of benzene rings is 2. The Bertz CT molecular complexity index is 1720. The molecule has 0 saturated carbocycles. The van der Waals surface area contributed by atoms with E-state index in [1.807, 2.05) is 47.7 Å². The minimum atomic E-state index is -0.131. The Morgan fingerprint density at radius 2 is 2.03 bits per heavy atom. The zero-order valence-electron chi connectivity index (χ0n) is 20.3. The molecule has 1 unspecified atom stereocenters. The van der Waals surface area contributed by atoms with Gasteiger partial charge in [-0.3, -0.25) is 9.59 Å². The molecule has 7 nitrogen and oxygen atoms in total. The number of thiophene rings is 1. The maximum Gasteiger partial charge on any atom is 0.268 e. The van der Waals surface area contributed by atoms with Gasteiger partial charge in [-0.1, -0.05) is 42.4 Å². The Hall–Kier alpha value is -3.14. The minimum Gasteiger partial charge on any atom is -0.325 e. The lowest BCUT2D eigenvalue weighted by molar-refractivity contribution is -0.113. The van der Waals surface area contributed by atoms with Gasteiger partial charge in [0.2, 0.25) is 11.7 Å². The number of carbonyl (C=O) groups is 1. The Labute approximate surface area is 226 Å². The minimum absolute atomic E-state index is 0.0995. The van der Waals surface area contributed by atoms with Crippen molar-refractivity contribution in [1.29, 1.82) is 0 Å². The van der Waals surface area contributed by atoms with Crippen LogP contribution in [0.2, 0.25) is 5.02 Å². The van der Waals surface area contributed by atoms with Crippen molar-refractivity contribution in [2.75, 3.05) is 11.1 Å². The number of aryl methyl sites for hydroxylation is 2. The third kappa shape index (κ3) is 4.45. The van der Waals surface area contributed by atoms with E-state index in [0.29, 0.717) is 27.6 Å². The number of thioether (sulfide) groups is 1. The van der Waals surface area contributed by atoms with Crippen LogP contribution in [0.5, 0.6) is 0 Å². The highest BCUT2D eigenvalue weighted by Crippen LogP contribution is 2.38. The van der Waals surface area contributed by atoms with E-state index in [1.165, 1.54) is 16.6 Å². The van der Waals surface area contributed by atoms with Gasteiger partial charge in [0.1, 0.15) is 4.83 Å². The second-order valence-electron chi connectivity index (χ2n) is 9.47. The molecule has 1 N–H and O–H groups in total. The predicted molar refractivity (Wildman–Crippen MR) is 151 cm³/mol. The molecule has 0 fully saturated rings. The molecule has 188 valence electrons.